The van der Waals surface area contributed by atoms with E-state index in [-0.39, 0.29) is 5.56 Å². The Morgan fingerprint density at radius 2 is 2.19 bits per heavy atom. The Morgan fingerprint density at radius 3 is 2.86 bits per heavy atom. The third-order valence-corrected chi connectivity index (χ3v) is 3.04. The minimum atomic E-state index is -1.13. The zero-order chi connectivity index (χ0) is 15.4. The molecule has 0 spiro atoms. The Balaban J connectivity index is 2.33. The number of carbonyl (C=O) groups excluding carboxylic acids is 1. The number of hydrogen-bond acceptors (Lipinski definition) is 4. The molecular weight excluding hydrogens is 274 g/mol. The second kappa shape index (κ2) is 6.17. The van der Waals surface area contributed by atoms with Crippen LogP contribution in [0.5, 0.6) is 0 Å². The number of fused-ring (bicyclic) bond motifs is 1. The molecule has 0 saturated heterocycles. The van der Waals surface area contributed by atoms with E-state index < -0.39 is 23.5 Å². The van der Waals surface area contributed by atoms with Crippen LogP contribution >= 0.6 is 0 Å². The zero-order valence-corrected chi connectivity index (χ0v) is 11.4. The molecule has 2 N–H and O–H groups in total. The molecule has 0 aliphatic rings. The quantitative estimate of drug-likeness (QED) is 0.843. The first-order valence-corrected chi connectivity index (χ1v) is 6.54. The fraction of sp³-hybridized carbons (Fsp3) is 0.286. The lowest BCUT2D eigenvalue weighted by Gasteiger charge is -2.13. The molecule has 110 valence electrons. The van der Waals surface area contributed by atoms with E-state index in [2.05, 4.69) is 10.3 Å². The summed E-state index contributed by atoms with van der Waals surface area (Å²) in [7, 11) is 0. The Hall–Kier alpha value is -2.70. The van der Waals surface area contributed by atoms with Crippen LogP contribution in [0.15, 0.2) is 35.4 Å². The van der Waals surface area contributed by atoms with Crippen molar-refractivity contribution in [3.05, 3.63) is 46.5 Å². The number of aromatic nitrogens is 2. The first kappa shape index (κ1) is 14.7. The minimum Gasteiger partial charge on any atom is -0.480 e. The van der Waals surface area contributed by atoms with Crippen LogP contribution in [-0.2, 0) is 4.79 Å². The number of nitrogens with zero attached hydrogens (tertiary/aromatic N) is 2. The van der Waals surface area contributed by atoms with Gasteiger partial charge in [0.15, 0.2) is 0 Å². The highest BCUT2D eigenvalue weighted by atomic mass is 16.4. The summed E-state index contributed by atoms with van der Waals surface area (Å²) in [5, 5.41) is 11.4. The number of rotatable bonds is 5. The molecular formula is C14H15N3O4. The van der Waals surface area contributed by atoms with Crippen molar-refractivity contribution >= 4 is 17.5 Å². The number of amides is 1. The fourth-order valence-electron chi connectivity index (χ4n) is 1.96. The van der Waals surface area contributed by atoms with Crippen LogP contribution in [0.4, 0.5) is 0 Å². The predicted octanol–water partition coefficient (Wildman–Crippen LogP) is 0.678. The van der Waals surface area contributed by atoms with Crippen molar-refractivity contribution in [3.63, 3.8) is 0 Å². The topological polar surface area (TPSA) is 101 Å². The number of nitrogens with one attached hydrogen (secondary N) is 1. The first-order valence-electron chi connectivity index (χ1n) is 6.54. The second-order valence-electron chi connectivity index (χ2n) is 4.56. The number of carboxylic acids is 1. The summed E-state index contributed by atoms with van der Waals surface area (Å²) >= 11 is 0. The summed E-state index contributed by atoms with van der Waals surface area (Å²) in [6.45, 7) is 1.81. The molecule has 1 atom stereocenters. The molecule has 1 amide bonds. The molecule has 7 heteroatoms. The average molecular weight is 289 g/mol. The molecule has 2 aromatic rings. The lowest BCUT2D eigenvalue weighted by Crippen LogP contribution is -2.42. The molecule has 21 heavy (non-hydrogen) atoms. The number of hydrogen-bond donors (Lipinski definition) is 2. The third-order valence-electron chi connectivity index (χ3n) is 3.04. The van der Waals surface area contributed by atoms with E-state index in [1.807, 2.05) is 6.92 Å². The van der Waals surface area contributed by atoms with Crippen molar-refractivity contribution in [2.45, 2.75) is 25.8 Å². The van der Waals surface area contributed by atoms with Gasteiger partial charge in [0.1, 0.15) is 17.3 Å². The monoisotopic (exact) mass is 289 g/mol. The van der Waals surface area contributed by atoms with E-state index in [4.69, 9.17) is 5.11 Å². The van der Waals surface area contributed by atoms with Gasteiger partial charge in [-0.25, -0.2) is 9.78 Å². The molecule has 0 aromatic carbocycles. The second-order valence-corrected chi connectivity index (χ2v) is 4.56. The normalized spacial score (nSPS) is 12.0. The molecule has 0 fully saturated rings. The molecule has 7 nitrogen and oxygen atoms in total. The molecule has 2 aromatic heterocycles. The number of aliphatic carboxylic acids is 1. The summed E-state index contributed by atoms with van der Waals surface area (Å²) in [4.78, 5) is 39.3. The molecule has 0 saturated carbocycles. The van der Waals surface area contributed by atoms with Gasteiger partial charge in [-0.1, -0.05) is 19.4 Å². The summed E-state index contributed by atoms with van der Waals surface area (Å²) < 4.78 is 1.24. The standard InChI is InChI=1S/C14H15N3O4/c1-2-5-10(14(20)21)16-12(18)9-8-15-11-6-3-4-7-17(11)13(9)19/h3-4,6-8,10H,2,5H2,1H3,(H,16,18)(H,20,21). The van der Waals surface area contributed by atoms with Gasteiger partial charge in [0.05, 0.1) is 0 Å². The molecule has 2 heterocycles. The number of carboxylic acid groups (broad SMARTS) is 1. The van der Waals surface area contributed by atoms with E-state index in [1.165, 1.54) is 10.6 Å². The Bertz CT molecular complexity index is 738. The van der Waals surface area contributed by atoms with Gasteiger partial charge in [-0.3, -0.25) is 14.0 Å². The van der Waals surface area contributed by atoms with Gasteiger partial charge in [-0.15, -0.1) is 0 Å². The maximum Gasteiger partial charge on any atom is 0.326 e. The van der Waals surface area contributed by atoms with Crippen LogP contribution in [0.3, 0.4) is 0 Å². The van der Waals surface area contributed by atoms with E-state index >= 15 is 0 Å². The molecule has 0 radical (unpaired) electrons. The number of carbonyl (C=O) groups is 2. The zero-order valence-electron chi connectivity index (χ0n) is 11.4. The van der Waals surface area contributed by atoms with Crippen LogP contribution in [0.2, 0.25) is 0 Å². The van der Waals surface area contributed by atoms with Gasteiger partial charge in [-0.2, -0.15) is 0 Å². The van der Waals surface area contributed by atoms with E-state index in [9.17, 15) is 14.4 Å². The molecule has 2 rings (SSSR count). The summed E-state index contributed by atoms with van der Waals surface area (Å²) in [6, 6.07) is 4.00. The van der Waals surface area contributed by atoms with Crippen LogP contribution < -0.4 is 10.9 Å². The minimum absolute atomic E-state index is 0.180. The Kier molecular flexibility index (Phi) is 4.32. The van der Waals surface area contributed by atoms with Gasteiger partial charge in [0.25, 0.3) is 11.5 Å². The van der Waals surface area contributed by atoms with E-state index in [0.29, 0.717) is 18.5 Å². The van der Waals surface area contributed by atoms with Crippen molar-refractivity contribution in [2.75, 3.05) is 0 Å². The summed E-state index contributed by atoms with van der Waals surface area (Å²) in [6.07, 6.45) is 3.57. The van der Waals surface area contributed by atoms with Crippen molar-refractivity contribution in [3.8, 4) is 0 Å². The highest BCUT2D eigenvalue weighted by molar-refractivity contribution is 5.96. The number of pyridine rings is 1. The SMILES string of the molecule is CCCC(NC(=O)c1cnc2ccccn2c1=O)C(=O)O. The van der Waals surface area contributed by atoms with Crippen molar-refractivity contribution in [2.24, 2.45) is 0 Å². The van der Waals surface area contributed by atoms with Crippen LogP contribution in [0, 0.1) is 0 Å². The van der Waals surface area contributed by atoms with Gasteiger partial charge in [-0.05, 0) is 18.6 Å². The largest absolute Gasteiger partial charge is 0.480 e. The molecule has 1 unspecified atom stereocenters. The maximum absolute atomic E-state index is 12.2. The van der Waals surface area contributed by atoms with Crippen LogP contribution in [-0.4, -0.2) is 32.4 Å². The van der Waals surface area contributed by atoms with E-state index in [0.717, 1.165) is 6.20 Å². The van der Waals surface area contributed by atoms with Crippen LogP contribution in [0.1, 0.15) is 30.1 Å². The van der Waals surface area contributed by atoms with Gasteiger partial charge < -0.3 is 10.4 Å². The smallest absolute Gasteiger partial charge is 0.326 e. The Labute approximate surface area is 120 Å². The van der Waals surface area contributed by atoms with E-state index in [1.54, 1.807) is 18.2 Å². The van der Waals surface area contributed by atoms with Gasteiger partial charge in [0.2, 0.25) is 0 Å². The molecule has 0 bridgehead atoms. The highest BCUT2D eigenvalue weighted by Crippen LogP contribution is 2.01. The average Bonchev–Trinajstić information content (AvgIpc) is 2.47. The van der Waals surface area contributed by atoms with Gasteiger partial charge in [0, 0.05) is 12.4 Å². The van der Waals surface area contributed by atoms with Crippen molar-refractivity contribution in [1.29, 1.82) is 0 Å². The van der Waals surface area contributed by atoms with Gasteiger partial charge >= 0.3 is 5.97 Å². The maximum atomic E-state index is 12.2. The lowest BCUT2D eigenvalue weighted by atomic mass is 10.1. The van der Waals surface area contributed by atoms with Crippen molar-refractivity contribution < 1.29 is 14.7 Å². The molecule has 0 aliphatic carbocycles. The van der Waals surface area contributed by atoms with Crippen LogP contribution in [0.25, 0.3) is 5.65 Å². The van der Waals surface area contributed by atoms with Crippen molar-refractivity contribution in [1.82, 2.24) is 14.7 Å². The lowest BCUT2D eigenvalue weighted by molar-refractivity contribution is -0.139. The highest BCUT2D eigenvalue weighted by Gasteiger charge is 2.21. The first-order chi connectivity index (χ1) is 10.0. The Morgan fingerprint density at radius 1 is 1.43 bits per heavy atom. The third kappa shape index (κ3) is 3.07. The fourth-order valence-corrected chi connectivity index (χ4v) is 1.96. The summed E-state index contributed by atoms with van der Waals surface area (Å²) in [5.74, 6) is -1.86. The molecule has 0 aliphatic heterocycles. The predicted molar refractivity (Wildman–Crippen MR) is 75.3 cm³/mol. The summed E-state index contributed by atoms with van der Waals surface area (Å²) in [5.41, 5.74) is -0.290.